The largest absolute Gasteiger partial charge is 0.480 e. The number of carbonyl (C=O) groups is 14. The maximum atomic E-state index is 15.2. The highest BCUT2D eigenvalue weighted by Gasteiger charge is 2.44. The van der Waals surface area contributed by atoms with Crippen molar-refractivity contribution in [2.45, 2.75) is 228 Å². The van der Waals surface area contributed by atoms with Crippen LogP contribution in [0, 0.1) is 16.7 Å². The fourth-order valence-corrected chi connectivity index (χ4v) is 15.7. The van der Waals surface area contributed by atoms with Crippen LogP contribution in [0.3, 0.4) is 0 Å². The van der Waals surface area contributed by atoms with Crippen LogP contribution in [-0.4, -0.2) is 253 Å². The number of nitrogens with two attached hydrogens (primary N) is 3. The fourth-order valence-electron chi connectivity index (χ4n) is 15.7. The molecule has 39 heteroatoms. The normalized spacial score (nSPS) is 18.2. The van der Waals surface area contributed by atoms with E-state index in [9.17, 15) is 72.5 Å². The number of likely N-dealkylation sites (tertiary alicyclic amines) is 2. The van der Waals surface area contributed by atoms with E-state index < -0.39 is 163 Å². The van der Waals surface area contributed by atoms with E-state index in [4.69, 9.17) is 28.0 Å². The molecular formula is C81H115N23O16. The number of aromatic amines is 2. The molecule has 0 aliphatic carbocycles. The predicted octanol–water partition coefficient (Wildman–Crippen LogP) is -1.99. The molecule has 0 radical (unpaired) electrons. The second kappa shape index (κ2) is 44.5. The Bertz CT molecular complexity index is 4490. The number of aliphatic hydroxyl groups excluding tert-OH is 1. The van der Waals surface area contributed by atoms with E-state index in [1.165, 1.54) is 27.2 Å². The highest BCUT2D eigenvalue weighted by molar-refractivity contribution is 6.01. The maximum Gasteiger partial charge on any atom is 0.326 e. The Hall–Kier alpha value is -12.3. The third kappa shape index (κ3) is 25.4. The summed E-state index contributed by atoms with van der Waals surface area (Å²) in [5.41, 5.74) is 20.1. The molecule has 39 nitrogen and oxygen atoms in total. The van der Waals surface area contributed by atoms with Gasteiger partial charge in [-0.25, -0.2) is 9.78 Å². The summed E-state index contributed by atoms with van der Waals surface area (Å²) in [6.45, 7) is 4.25. The highest BCUT2D eigenvalue weighted by atomic mass is 16.4. The van der Waals surface area contributed by atoms with Gasteiger partial charge in [-0.1, -0.05) is 94.3 Å². The van der Waals surface area contributed by atoms with Crippen LogP contribution in [0.2, 0.25) is 0 Å². The number of benzene rings is 3. The predicted molar refractivity (Wildman–Crippen MR) is 440 cm³/mol. The van der Waals surface area contributed by atoms with Crippen molar-refractivity contribution >= 4 is 116 Å². The number of carboxylic acid groups (broad SMARTS) is 1. The Kier molecular flexibility index (Phi) is 34.0. The summed E-state index contributed by atoms with van der Waals surface area (Å²) in [7, 11) is 0. The Labute approximate surface area is 694 Å². The standard InChI is InChI=1S/C81H115N23O16/c1-4-5-22-54(70(110)100-60(37-47-19-12-18-46-17-6-7-20-49(46)47)78(118)104-42-61-51(39-65(104)79(119)120)50-21-8-9-23-52(50)92-61)95-75(115)63-27-15-34-102(63)67(107)41-90-68(108)53(24-10-11-31-82)94-73(113)59(38-48-40-87-44-91-48)99-74(114)62(43-105)101-72(112)58(36-45(2)3)98-69(109)55(25-13-32-88-80(83)84)96-76(116)64-28-16-35-103(64)77(117)57(26-14-33-89-81(85)86)97-71(111)56-29-30-66(106)93-56/h6-9,12,17-21,23,40,44-45,53-60,62-65,92,105H,4-5,10-11,13-16,22,24-39,41-43,82H2,1-3H3,(H,87,91)(H,90,108)(H,93,106)(H,94,113)(H,95,115)(H,96,116)(H,97,111)(H,98,109)(H,99,114)(H,100,110)(H,101,112)(H,119,120)(H4,83,84,88)(H4,85,86,89)/t53-,54-,55-,56-,57-,58-,59-,60+,62-,63-,64-,65+/m0/s1. The smallest absolute Gasteiger partial charge is 0.326 e. The molecule has 12 atom stereocenters. The first-order chi connectivity index (χ1) is 57.5. The Morgan fingerprint density at radius 3 is 1.75 bits per heavy atom. The van der Waals surface area contributed by atoms with Crippen molar-refractivity contribution in [2.75, 3.05) is 45.9 Å². The summed E-state index contributed by atoms with van der Waals surface area (Å²) in [6.07, 6.45) is 5.90. The Morgan fingerprint density at radius 2 is 1.12 bits per heavy atom. The van der Waals surface area contributed by atoms with E-state index in [0.717, 1.165) is 27.2 Å². The van der Waals surface area contributed by atoms with Gasteiger partial charge in [0.1, 0.15) is 72.5 Å². The van der Waals surface area contributed by atoms with Gasteiger partial charge in [0, 0.05) is 80.3 Å². The van der Waals surface area contributed by atoms with E-state index in [0.29, 0.717) is 55.5 Å². The number of unbranched alkanes of at least 4 members (excludes halogenated alkanes) is 2. The van der Waals surface area contributed by atoms with Gasteiger partial charge in [-0.15, -0.1) is 0 Å². The number of aliphatic hydroxyl groups is 1. The van der Waals surface area contributed by atoms with E-state index in [-0.39, 0.29) is 153 Å². The van der Waals surface area contributed by atoms with Gasteiger partial charge < -0.3 is 116 Å². The molecule has 2 aromatic heterocycles. The molecule has 4 aliphatic rings. The molecule has 3 fully saturated rings. The molecule has 0 unspecified atom stereocenters. The van der Waals surface area contributed by atoms with Crippen LogP contribution in [0.4, 0.5) is 0 Å². The zero-order valence-corrected chi connectivity index (χ0v) is 67.9. The zero-order chi connectivity index (χ0) is 86.7. The first-order valence-electron chi connectivity index (χ1n) is 41.2. The average molecular weight is 1670 g/mol. The van der Waals surface area contributed by atoms with Gasteiger partial charge in [-0.05, 0) is 130 Å². The molecule has 13 amide bonds. The minimum absolute atomic E-state index is 0.00484. The molecule has 24 N–H and O–H groups in total. The van der Waals surface area contributed by atoms with Gasteiger partial charge in [-0.2, -0.15) is 0 Å². The number of H-pyrrole nitrogens is 2. The molecular weight excluding hydrogens is 1550 g/mol. The quantitative estimate of drug-likeness (QED) is 0.0114. The van der Waals surface area contributed by atoms with Crippen LogP contribution in [0.1, 0.15) is 152 Å². The number of hydrogen-bond acceptors (Lipinski definition) is 19. The third-order valence-electron chi connectivity index (χ3n) is 22.0. The number of rotatable bonds is 44. The Morgan fingerprint density at radius 1 is 0.575 bits per heavy atom. The van der Waals surface area contributed by atoms with Crippen molar-refractivity contribution in [3.63, 3.8) is 0 Å². The van der Waals surface area contributed by atoms with Crippen LogP contribution in [0.15, 0.2) is 79.3 Å². The number of aromatic nitrogens is 3. The molecule has 0 bridgehead atoms. The Balaban J connectivity index is 0.842. The van der Waals surface area contributed by atoms with Crippen LogP contribution >= 0.6 is 0 Å². The molecule has 4 aliphatic heterocycles. The number of amides is 13. The van der Waals surface area contributed by atoms with Crippen molar-refractivity contribution in [3.05, 3.63) is 102 Å². The molecule has 0 spiro atoms. The van der Waals surface area contributed by atoms with Crippen LogP contribution < -0.4 is 81.0 Å². The molecule has 6 heterocycles. The molecule has 9 rings (SSSR count). The van der Waals surface area contributed by atoms with Crippen molar-refractivity contribution in [1.29, 1.82) is 10.8 Å². The lowest BCUT2D eigenvalue weighted by Gasteiger charge is -2.36. The molecule has 5 aromatic rings. The first-order valence-corrected chi connectivity index (χ1v) is 41.2. The summed E-state index contributed by atoms with van der Waals surface area (Å²) in [4.78, 5) is 213. The topological polar surface area (TPSA) is 604 Å². The molecule has 650 valence electrons. The summed E-state index contributed by atoms with van der Waals surface area (Å²) < 4.78 is 0. The second-order valence-electron chi connectivity index (χ2n) is 31.3. The lowest BCUT2D eigenvalue weighted by atomic mass is 9.93. The summed E-state index contributed by atoms with van der Waals surface area (Å²) >= 11 is 0. The fraction of sp³-hybridized carbons (Fsp3) is 0.543. The van der Waals surface area contributed by atoms with Gasteiger partial charge in [0.15, 0.2) is 11.9 Å². The highest BCUT2D eigenvalue weighted by Crippen LogP contribution is 2.32. The number of hydrogen-bond donors (Lipinski definition) is 21. The van der Waals surface area contributed by atoms with Gasteiger partial charge in [0.25, 0.3) is 0 Å². The lowest BCUT2D eigenvalue weighted by molar-refractivity contribution is -0.152. The SMILES string of the molecule is CCCC[C@H](NC(=O)[C@@H]1CCCN1C(=O)CNC(=O)[C@H](CCCCN)NC(=O)[C@H](Cc1cnc[nH]1)NC(=O)[C@H](CO)NC(=O)[C@H](CC(C)C)NC(=O)[C@H](CCCNC(=N)N)NC(=O)[C@@H]1CCCN1C(=O)[C@H](CCCNC(=N)N)NC(=O)[C@@H]1CCC(=O)N1)C(=O)N[C@H](Cc1cccc2ccccc12)C(=O)N1Cc2[nH]c3ccccc3c2C[C@@H]1C(=O)O. The minimum atomic E-state index is -1.78. The van der Waals surface area contributed by atoms with Gasteiger partial charge in [-0.3, -0.25) is 73.1 Å². The number of guanidine groups is 2. The number of carbonyl (C=O) groups excluding carboxylic acids is 13. The molecule has 3 aromatic carbocycles. The zero-order valence-electron chi connectivity index (χ0n) is 67.9. The van der Waals surface area contributed by atoms with Crippen molar-refractivity contribution in [3.8, 4) is 0 Å². The first kappa shape index (κ1) is 91.6. The number of nitrogens with one attached hydrogen (secondary N) is 16. The maximum absolute atomic E-state index is 15.2. The van der Waals surface area contributed by atoms with E-state index in [2.05, 4.69) is 78.8 Å². The van der Waals surface area contributed by atoms with E-state index in [1.54, 1.807) is 13.8 Å². The second-order valence-corrected chi connectivity index (χ2v) is 31.3. The number of nitrogens with zero attached hydrogens (tertiary/aromatic N) is 4. The number of carboxylic acids is 1. The monoisotopic (exact) mass is 1670 g/mol. The third-order valence-corrected chi connectivity index (χ3v) is 22.0. The van der Waals surface area contributed by atoms with Crippen molar-refractivity contribution < 1.29 is 77.3 Å². The lowest BCUT2D eigenvalue weighted by Crippen LogP contribution is -2.61. The molecule has 0 saturated carbocycles. The van der Waals surface area contributed by atoms with Crippen molar-refractivity contribution in [1.82, 2.24) is 93.5 Å². The van der Waals surface area contributed by atoms with Gasteiger partial charge >= 0.3 is 5.97 Å². The van der Waals surface area contributed by atoms with Crippen LogP contribution in [-0.2, 0) is 92.9 Å². The van der Waals surface area contributed by atoms with Gasteiger partial charge in [0.2, 0.25) is 76.8 Å². The van der Waals surface area contributed by atoms with Gasteiger partial charge in [0.05, 0.1) is 26.0 Å². The summed E-state index contributed by atoms with van der Waals surface area (Å²) in [5, 5.41) is 71.3. The summed E-state index contributed by atoms with van der Waals surface area (Å²) in [5.74, 6) is -11.9. The number of imidazole rings is 1. The van der Waals surface area contributed by atoms with Crippen LogP contribution in [0.25, 0.3) is 21.7 Å². The number of fused-ring (bicyclic) bond motifs is 4. The molecule has 120 heavy (non-hydrogen) atoms. The van der Waals surface area contributed by atoms with Crippen LogP contribution in [0.5, 0.6) is 0 Å². The van der Waals surface area contributed by atoms with Crippen molar-refractivity contribution in [2.24, 2.45) is 23.1 Å². The van der Waals surface area contributed by atoms with E-state index >= 15 is 4.79 Å². The summed E-state index contributed by atoms with van der Waals surface area (Å²) in [6, 6.07) is 4.87. The number of aliphatic carboxylic acids is 1. The number of para-hydroxylation sites is 1. The molecule has 3 saturated heterocycles. The average Bonchev–Trinajstić information content (AvgIpc) is 1.59. The van der Waals surface area contributed by atoms with E-state index in [1.807, 2.05) is 73.7 Å². The minimum Gasteiger partial charge on any atom is -0.480 e.